The molecule has 0 radical (unpaired) electrons. The van der Waals surface area contributed by atoms with Gasteiger partial charge in [-0.2, -0.15) is 0 Å². The van der Waals surface area contributed by atoms with Crippen LogP contribution in [0.4, 0.5) is 0 Å². The summed E-state index contributed by atoms with van der Waals surface area (Å²) in [6.07, 6.45) is 3.55. The number of rotatable bonds is 4. The van der Waals surface area contributed by atoms with Gasteiger partial charge in [-0.25, -0.2) is 0 Å². The summed E-state index contributed by atoms with van der Waals surface area (Å²) >= 11 is 2.39. The molecule has 1 aliphatic heterocycles. The van der Waals surface area contributed by atoms with E-state index in [4.69, 9.17) is 4.74 Å². The molecule has 10 heavy (non-hydrogen) atoms. The average molecular weight is 253 g/mol. The lowest BCUT2D eigenvalue weighted by molar-refractivity contribution is 0.337. The molecule has 0 aromatic heterocycles. The van der Waals surface area contributed by atoms with Gasteiger partial charge >= 0.3 is 0 Å². The summed E-state index contributed by atoms with van der Waals surface area (Å²) < 4.78 is 6.49. The maximum Gasteiger partial charge on any atom is 0.183 e. The fraction of sp³-hybridized carbons (Fsp3) is 0.857. The number of ether oxygens (including phenoxy) is 1. The Balaban J connectivity index is 2.01. The third kappa shape index (κ3) is 2.86. The predicted octanol–water partition coefficient (Wildman–Crippen LogP) is 2.02. The van der Waals surface area contributed by atoms with Crippen molar-refractivity contribution in [2.45, 2.75) is 19.3 Å². The molecule has 1 rings (SSSR count). The van der Waals surface area contributed by atoms with E-state index in [1.807, 2.05) is 0 Å². The van der Waals surface area contributed by atoms with Crippen molar-refractivity contribution in [3.8, 4) is 0 Å². The number of unbranched alkanes of at least 4 members (excludes halogenated alkanes) is 1. The Morgan fingerprint density at radius 3 is 3.00 bits per heavy atom. The minimum absolute atomic E-state index is 0.805. The van der Waals surface area contributed by atoms with Crippen molar-refractivity contribution in [1.82, 2.24) is 0 Å². The molecule has 1 aliphatic rings. The summed E-state index contributed by atoms with van der Waals surface area (Å²) in [5, 5.41) is 0. The van der Waals surface area contributed by atoms with Crippen molar-refractivity contribution in [2.24, 2.45) is 4.99 Å². The molecule has 0 saturated heterocycles. The molecule has 2 nitrogen and oxygen atoms in total. The standard InChI is InChI=1S/C7H12INO/c8-4-2-1-3-7-9-5-6-10-7/h1-6H2. The number of alkyl halides is 1. The van der Waals surface area contributed by atoms with Gasteiger partial charge in [-0.15, -0.1) is 0 Å². The van der Waals surface area contributed by atoms with Crippen LogP contribution in [-0.2, 0) is 4.74 Å². The lowest BCUT2D eigenvalue weighted by atomic mass is 10.2. The largest absolute Gasteiger partial charge is 0.479 e. The normalized spacial score (nSPS) is 16.7. The molecule has 0 unspecified atom stereocenters. The average Bonchev–Trinajstić information content (AvgIpc) is 2.41. The van der Waals surface area contributed by atoms with Gasteiger partial charge in [0.1, 0.15) is 6.61 Å². The molecule has 0 bridgehead atoms. The maximum atomic E-state index is 5.25. The molecule has 3 heteroatoms. The van der Waals surface area contributed by atoms with Crippen LogP contribution in [0.15, 0.2) is 4.99 Å². The molecule has 0 aromatic carbocycles. The summed E-state index contributed by atoms with van der Waals surface area (Å²) in [6.45, 7) is 1.68. The molecule has 1 heterocycles. The molecule has 0 fully saturated rings. The summed E-state index contributed by atoms with van der Waals surface area (Å²) in [5.41, 5.74) is 0. The van der Waals surface area contributed by atoms with Gasteiger partial charge in [-0.1, -0.05) is 22.6 Å². The number of hydrogen-bond donors (Lipinski definition) is 0. The van der Waals surface area contributed by atoms with Crippen molar-refractivity contribution in [1.29, 1.82) is 0 Å². The first-order valence-corrected chi connectivity index (χ1v) is 5.18. The highest BCUT2D eigenvalue weighted by atomic mass is 127. The minimum atomic E-state index is 0.805. The van der Waals surface area contributed by atoms with Gasteiger partial charge in [-0.05, 0) is 17.3 Å². The highest BCUT2D eigenvalue weighted by Crippen LogP contribution is 2.05. The van der Waals surface area contributed by atoms with E-state index in [2.05, 4.69) is 27.6 Å². The van der Waals surface area contributed by atoms with Gasteiger partial charge in [0.15, 0.2) is 5.90 Å². The first-order valence-electron chi connectivity index (χ1n) is 3.65. The van der Waals surface area contributed by atoms with Crippen LogP contribution in [0.1, 0.15) is 19.3 Å². The van der Waals surface area contributed by atoms with Crippen LogP contribution >= 0.6 is 22.6 Å². The van der Waals surface area contributed by atoms with Gasteiger partial charge < -0.3 is 4.74 Å². The van der Waals surface area contributed by atoms with Crippen LogP contribution in [-0.4, -0.2) is 23.5 Å². The molecule has 0 atom stereocenters. The zero-order valence-corrected chi connectivity index (χ0v) is 8.13. The minimum Gasteiger partial charge on any atom is -0.479 e. The lowest BCUT2D eigenvalue weighted by Gasteiger charge is -1.98. The van der Waals surface area contributed by atoms with Gasteiger partial charge in [-0.3, -0.25) is 4.99 Å². The van der Waals surface area contributed by atoms with Gasteiger partial charge in [0.2, 0.25) is 0 Å². The summed E-state index contributed by atoms with van der Waals surface area (Å²) in [6, 6.07) is 0. The quantitative estimate of drug-likeness (QED) is 0.426. The summed E-state index contributed by atoms with van der Waals surface area (Å²) in [4.78, 5) is 4.20. The second-order valence-corrected chi connectivity index (χ2v) is 3.35. The molecular formula is C7H12INO. The maximum absolute atomic E-state index is 5.25. The van der Waals surface area contributed by atoms with Gasteiger partial charge in [0.05, 0.1) is 6.54 Å². The fourth-order valence-corrected chi connectivity index (χ4v) is 1.44. The highest BCUT2D eigenvalue weighted by Gasteiger charge is 2.04. The van der Waals surface area contributed by atoms with Crippen molar-refractivity contribution >= 4 is 28.5 Å². The third-order valence-electron chi connectivity index (χ3n) is 1.42. The molecule has 0 amide bonds. The van der Waals surface area contributed by atoms with Crippen molar-refractivity contribution < 1.29 is 4.74 Å². The Labute approximate surface area is 75.2 Å². The third-order valence-corrected chi connectivity index (χ3v) is 2.19. The van der Waals surface area contributed by atoms with E-state index in [0.717, 1.165) is 25.5 Å². The van der Waals surface area contributed by atoms with Crippen LogP contribution < -0.4 is 0 Å². The first kappa shape index (κ1) is 8.30. The second kappa shape index (κ2) is 4.93. The van der Waals surface area contributed by atoms with Crippen LogP contribution in [0.3, 0.4) is 0 Å². The molecule has 0 N–H and O–H groups in total. The van der Waals surface area contributed by atoms with Crippen molar-refractivity contribution in [3.05, 3.63) is 0 Å². The number of hydrogen-bond acceptors (Lipinski definition) is 2. The Morgan fingerprint density at radius 2 is 2.40 bits per heavy atom. The number of nitrogens with zero attached hydrogens (tertiary/aromatic N) is 1. The number of halogens is 1. The molecule has 0 saturated carbocycles. The topological polar surface area (TPSA) is 21.6 Å². The van der Waals surface area contributed by atoms with E-state index in [0.29, 0.717) is 0 Å². The van der Waals surface area contributed by atoms with Crippen molar-refractivity contribution in [2.75, 3.05) is 17.6 Å². The Kier molecular flexibility index (Phi) is 4.09. The van der Waals surface area contributed by atoms with Crippen LogP contribution in [0.5, 0.6) is 0 Å². The van der Waals surface area contributed by atoms with Crippen LogP contribution in [0.25, 0.3) is 0 Å². The van der Waals surface area contributed by atoms with Crippen LogP contribution in [0, 0.1) is 0 Å². The SMILES string of the molecule is ICCCCC1=NCCO1. The molecule has 0 aliphatic carbocycles. The monoisotopic (exact) mass is 253 g/mol. The van der Waals surface area contributed by atoms with E-state index in [1.54, 1.807) is 0 Å². The van der Waals surface area contributed by atoms with Gasteiger partial charge in [0.25, 0.3) is 0 Å². The second-order valence-electron chi connectivity index (χ2n) is 2.27. The molecular weight excluding hydrogens is 241 g/mol. The smallest absolute Gasteiger partial charge is 0.183 e. The zero-order chi connectivity index (χ0) is 7.23. The zero-order valence-electron chi connectivity index (χ0n) is 5.98. The fourth-order valence-electron chi connectivity index (χ4n) is 0.901. The molecule has 58 valence electrons. The Hall–Kier alpha value is 0.200. The van der Waals surface area contributed by atoms with Gasteiger partial charge in [0, 0.05) is 6.42 Å². The summed E-state index contributed by atoms with van der Waals surface area (Å²) in [5.74, 6) is 0.977. The van der Waals surface area contributed by atoms with E-state index in [9.17, 15) is 0 Å². The highest BCUT2D eigenvalue weighted by molar-refractivity contribution is 14.1. The van der Waals surface area contributed by atoms with E-state index >= 15 is 0 Å². The first-order chi connectivity index (χ1) is 4.93. The van der Waals surface area contributed by atoms with E-state index in [-0.39, 0.29) is 0 Å². The predicted molar refractivity (Wildman–Crippen MR) is 51.0 cm³/mol. The van der Waals surface area contributed by atoms with Crippen molar-refractivity contribution in [3.63, 3.8) is 0 Å². The molecule has 0 aromatic rings. The van der Waals surface area contributed by atoms with E-state index < -0.39 is 0 Å². The lowest BCUT2D eigenvalue weighted by Crippen LogP contribution is -1.98. The summed E-state index contributed by atoms with van der Waals surface area (Å²) in [7, 11) is 0. The Bertz CT molecular complexity index is 125. The Morgan fingerprint density at radius 1 is 1.50 bits per heavy atom. The molecule has 0 spiro atoms. The van der Waals surface area contributed by atoms with Crippen LogP contribution in [0.2, 0.25) is 0 Å². The number of aliphatic imine (C=N–C) groups is 1. The van der Waals surface area contributed by atoms with E-state index in [1.165, 1.54) is 17.3 Å².